The summed E-state index contributed by atoms with van der Waals surface area (Å²) in [6.07, 6.45) is 1.72. The van der Waals surface area contributed by atoms with E-state index in [4.69, 9.17) is 5.11 Å². The van der Waals surface area contributed by atoms with Crippen molar-refractivity contribution in [2.24, 2.45) is 0 Å². The Morgan fingerprint density at radius 3 is 2.68 bits per heavy atom. The minimum Gasteiger partial charge on any atom is -0.395 e. The van der Waals surface area contributed by atoms with E-state index < -0.39 is 0 Å². The molecule has 3 N–H and O–H groups in total. The second kappa shape index (κ2) is 8.04. The second-order valence-electron chi connectivity index (χ2n) is 5.44. The molecule has 3 rings (SSSR count). The number of anilines is 3. The fourth-order valence-electron chi connectivity index (χ4n) is 2.26. The van der Waals surface area contributed by atoms with Gasteiger partial charge in [0.05, 0.1) is 23.7 Å². The number of benzene rings is 1. The van der Waals surface area contributed by atoms with Crippen LogP contribution in [0, 0.1) is 6.92 Å². The third kappa shape index (κ3) is 4.52. The minimum absolute atomic E-state index is 0.00342. The molecule has 0 unspecified atom stereocenters. The normalized spacial score (nSPS) is 10.5. The Bertz CT molecular complexity index is 857. The van der Waals surface area contributed by atoms with Gasteiger partial charge in [-0.25, -0.2) is 4.98 Å². The Balaban J connectivity index is 1.96. The van der Waals surface area contributed by atoms with Gasteiger partial charge in [0.15, 0.2) is 0 Å². The summed E-state index contributed by atoms with van der Waals surface area (Å²) in [5.41, 5.74) is 3.52. The fourth-order valence-corrected chi connectivity index (χ4v) is 2.86. The lowest BCUT2D eigenvalue weighted by atomic mass is 10.2. The number of aromatic nitrogens is 3. The summed E-state index contributed by atoms with van der Waals surface area (Å²) < 4.78 is 0.954. The minimum atomic E-state index is 0.00342. The number of nitrogens with zero attached hydrogens (tertiary/aromatic N) is 3. The Hall–Kier alpha value is -2.51. The van der Waals surface area contributed by atoms with Crippen molar-refractivity contribution in [3.63, 3.8) is 0 Å². The molecule has 0 radical (unpaired) electrons. The topological polar surface area (TPSA) is 83.0 Å². The zero-order chi connectivity index (χ0) is 17.6. The number of halogens is 1. The van der Waals surface area contributed by atoms with Crippen molar-refractivity contribution in [2.75, 3.05) is 23.8 Å². The average Bonchev–Trinajstić information content (AvgIpc) is 2.63. The molecule has 0 atom stereocenters. The maximum Gasteiger partial charge on any atom is 0.225 e. The van der Waals surface area contributed by atoms with Crippen molar-refractivity contribution >= 4 is 33.4 Å². The molecule has 7 heteroatoms. The molecule has 0 fully saturated rings. The van der Waals surface area contributed by atoms with Crippen molar-refractivity contribution < 1.29 is 5.11 Å². The third-order valence-electron chi connectivity index (χ3n) is 3.44. The van der Waals surface area contributed by atoms with E-state index in [0.717, 1.165) is 15.9 Å². The van der Waals surface area contributed by atoms with Gasteiger partial charge in [-0.3, -0.25) is 4.98 Å². The van der Waals surface area contributed by atoms with Crippen LogP contribution in [-0.4, -0.2) is 33.2 Å². The molecule has 0 amide bonds. The van der Waals surface area contributed by atoms with Gasteiger partial charge < -0.3 is 15.7 Å². The number of aliphatic hydroxyl groups is 1. The highest BCUT2D eigenvalue weighted by molar-refractivity contribution is 9.10. The van der Waals surface area contributed by atoms with Crippen LogP contribution >= 0.6 is 15.9 Å². The molecule has 0 aliphatic rings. The van der Waals surface area contributed by atoms with Crippen LogP contribution in [0.2, 0.25) is 0 Å². The van der Waals surface area contributed by atoms with Crippen LogP contribution in [0.15, 0.2) is 53.1 Å². The average molecular weight is 400 g/mol. The van der Waals surface area contributed by atoms with E-state index in [1.54, 1.807) is 6.20 Å². The van der Waals surface area contributed by atoms with E-state index >= 15 is 0 Å². The standard InChI is InChI=1S/C18H18BrN5O/c1-12-5-6-14(13(19)10-12)22-17-11-16(15-4-2-3-7-20-15)23-18(24-17)21-8-9-25/h2-7,10-11,25H,8-9H2,1H3,(H2,21,22,23,24). The molecule has 1 aromatic carbocycles. The van der Waals surface area contributed by atoms with Gasteiger partial charge in [-0.1, -0.05) is 12.1 Å². The lowest BCUT2D eigenvalue weighted by Gasteiger charge is -2.12. The first-order valence-electron chi connectivity index (χ1n) is 7.84. The maximum absolute atomic E-state index is 9.03. The fraction of sp³-hybridized carbons (Fsp3) is 0.167. The number of aliphatic hydroxyl groups excluding tert-OH is 1. The van der Waals surface area contributed by atoms with Gasteiger partial charge >= 0.3 is 0 Å². The van der Waals surface area contributed by atoms with Crippen molar-refractivity contribution in [3.8, 4) is 11.4 Å². The van der Waals surface area contributed by atoms with Crippen LogP contribution in [0.4, 0.5) is 17.5 Å². The van der Waals surface area contributed by atoms with Crippen LogP contribution in [0.25, 0.3) is 11.4 Å². The monoisotopic (exact) mass is 399 g/mol. The Labute approximate surface area is 154 Å². The third-order valence-corrected chi connectivity index (χ3v) is 4.09. The van der Waals surface area contributed by atoms with Gasteiger partial charge in [-0.05, 0) is 52.7 Å². The molecule has 0 aliphatic heterocycles. The summed E-state index contributed by atoms with van der Waals surface area (Å²) in [6, 6.07) is 13.6. The summed E-state index contributed by atoms with van der Waals surface area (Å²) in [4.78, 5) is 13.3. The summed E-state index contributed by atoms with van der Waals surface area (Å²) >= 11 is 3.56. The Kier molecular flexibility index (Phi) is 5.57. The molecule has 0 aliphatic carbocycles. The molecule has 0 saturated heterocycles. The molecular formula is C18H18BrN5O. The first-order valence-corrected chi connectivity index (χ1v) is 8.63. The number of nitrogens with one attached hydrogen (secondary N) is 2. The highest BCUT2D eigenvalue weighted by Crippen LogP contribution is 2.28. The quantitative estimate of drug-likeness (QED) is 0.585. The number of hydrogen-bond acceptors (Lipinski definition) is 6. The lowest BCUT2D eigenvalue weighted by Crippen LogP contribution is -2.10. The summed E-state index contributed by atoms with van der Waals surface area (Å²) in [6.45, 7) is 2.41. The van der Waals surface area contributed by atoms with Gasteiger partial charge in [0.25, 0.3) is 0 Å². The van der Waals surface area contributed by atoms with E-state index in [1.807, 2.05) is 49.4 Å². The summed E-state index contributed by atoms with van der Waals surface area (Å²) in [5.74, 6) is 1.07. The van der Waals surface area contributed by atoms with Crippen molar-refractivity contribution in [1.29, 1.82) is 0 Å². The van der Waals surface area contributed by atoms with Gasteiger partial charge in [0.1, 0.15) is 5.82 Å². The van der Waals surface area contributed by atoms with Crippen molar-refractivity contribution in [1.82, 2.24) is 15.0 Å². The zero-order valence-corrected chi connectivity index (χ0v) is 15.3. The predicted octanol–water partition coefficient (Wildman–Crippen LogP) is 3.76. The van der Waals surface area contributed by atoms with Gasteiger partial charge in [-0.15, -0.1) is 0 Å². The second-order valence-corrected chi connectivity index (χ2v) is 6.29. The number of hydrogen-bond donors (Lipinski definition) is 3. The molecule has 0 bridgehead atoms. The van der Waals surface area contributed by atoms with E-state index in [2.05, 4.69) is 41.5 Å². The van der Waals surface area contributed by atoms with Crippen LogP contribution in [0.3, 0.4) is 0 Å². The molecule has 0 spiro atoms. The molecule has 2 aromatic heterocycles. The molecule has 128 valence electrons. The lowest BCUT2D eigenvalue weighted by molar-refractivity contribution is 0.311. The molecule has 2 heterocycles. The highest BCUT2D eigenvalue weighted by atomic mass is 79.9. The van der Waals surface area contributed by atoms with Crippen LogP contribution < -0.4 is 10.6 Å². The Morgan fingerprint density at radius 2 is 1.96 bits per heavy atom. The molecule has 3 aromatic rings. The smallest absolute Gasteiger partial charge is 0.225 e. The van der Waals surface area contributed by atoms with Crippen molar-refractivity contribution in [3.05, 3.63) is 58.7 Å². The van der Waals surface area contributed by atoms with Gasteiger partial charge in [-0.2, -0.15) is 4.98 Å². The van der Waals surface area contributed by atoms with E-state index in [1.165, 1.54) is 5.56 Å². The van der Waals surface area contributed by atoms with Gasteiger partial charge in [0.2, 0.25) is 5.95 Å². The molecule has 6 nitrogen and oxygen atoms in total. The largest absolute Gasteiger partial charge is 0.395 e. The first-order chi connectivity index (χ1) is 12.2. The van der Waals surface area contributed by atoms with Crippen LogP contribution in [-0.2, 0) is 0 Å². The molecule has 0 saturated carbocycles. The summed E-state index contributed by atoms with van der Waals surface area (Å²) in [5, 5.41) is 15.3. The zero-order valence-electron chi connectivity index (χ0n) is 13.7. The van der Waals surface area contributed by atoms with Crippen LogP contribution in [0.1, 0.15) is 5.56 Å². The summed E-state index contributed by atoms with van der Waals surface area (Å²) in [7, 11) is 0. The van der Waals surface area contributed by atoms with E-state index in [9.17, 15) is 0 Å². The predicted molar refractivity (Wildman–Crippen MR) is 103 cm³/mol. The Morgan fingerprint density at radius 1 is 1.08 bits per heavy atom. The number of rotatable bonds is 6. The first kappa shape index (κ1) is 17.3. The van der Waals surface area contributed by atoms with Crippen LogP contribution in [0.5, 0.6) is 0 Å². The highest BCUT2D eigenvalue weighted by Gasteiger charge is 2.09. The number of aryl methyl sites for hydroxylation is 1. The SMILES string of the molecule is Cc1ccc(Nc2cc(-c3ccccn3)nc(NCCO)n2)c(Br)c1. The molecule has 25 heavy (non-hydrogen) atoms. The number of pyridine rings is 1. The maximum atomic E-state index is 9.03. The molecular weight excluding hydrogens is 382 g/mol. The van der Waals surface area contributed by atoms with E-state index in [0.29, 0.717) is 24.0 Å². The van der Waals surface area contributed by atoms with Crippen molar-refractivity contribution in [2.45, 2.75) is 6.92 Å². The van der Waals surface area contributed by atoms with E-state index in [-0.39, 0.29) is 6.61 Å². The van der Waals surface area contributed by atoms with Gasteiger partial charge in [0, 0.05) is 23.3 Å².